The van der Waals surface area contributed by atoms with Crippen molar-refractivity contribution in [1.29, 1.82) is 0 Å². The molecule has 2 aromatic rings. The summed E-state index contributed by atoms with van der Waals surface area (Å²) in [5, 5.41) is 24.5. The zero-order valence-electron chi connectivity index (χ0n) is 12.0. The third-order valence-electron chi connectivity index (χ3n) is 2.98. The van der Waals surface area contributed by atoms with Crippen LogP contribution in [0, 0.1) is 27.2 Å². The van der Waals surface area contributed by atoms with Crippen LogP contribution in [0.5, 0.6) is 0 Å². The third-order valence-corrected chi connectivity index (χ3v) is 2.98. The second kappa shape index (κ2) is 6.10. The van der Waals surface area contributed by atoms with Gasteiger partial charge in [0.2, 0.25) is 0 Å². The molecular formula is C13H9F3N4O4. The zero-order chi connectivity index (χ0) is 18.1. The number of nitrogens with zero attached hydrogens (tertiary/aromatic N) is 3. The first kappa shape index (κ1) is 17.1. The molecule has 11 heteroatoms. The van der Waals surface area contributed by atoms with Gasteiger partial charge in [-0.25, -0.2) is 4.98 Å². The molecular weight excluding hydrogens is 333 g/mol. The van der Waals surface area contributed by atoms with Crippen LogP contribution in [-0.2, 0) is 6.18 Å². The monoisotopic (exact) mass is 342 g/mol. The number of hydrogen-bond acceptors (Lipinski definition) is 6. The molecule has 0 saturated carbocycles. The summed E-state index contributed by atoms with van der Waals surface area (Å²) in [4.78, 5) is 23.8. The molecule has 0 aliphatic heterocycles. The predicted molar refractivity (Wildman–Crippen MR) is 77.0 cm³/mol. The van der Waals surface area contributed by atoms with Crippen LogP contribution in [0.1, 0.15) is 11.1 Å². The first-order valence-electron chi connectivity index (χ1n) is 6.33. The van der Waals surface area contributed by atoms with Gasteiger partial charge in [0.05, 0.1) is 15.4 Å². The average molecular weight is 342 g/mol. The van der Waals surface area contributed by atoms with E-state index in [1.807, 2.05) is 0 Å². The van der Waals surface area contributed by atoms with Crippen molar-refractivity contribution in [3.05, 3.63) is 61.8 Å². The van der Waals surface area contributed by atoms with E-state index in [-0.39, 0.29) is 18.0 Å². The highest BCUT2D eigenvalue weighted by atomic mass is 19.4. The van der Waals surface area contributed by atoms with Gasteiger partial charge in [-0.15, -0.1) is 0 Å². The topological polar surface area (TPSA) is 111 Å². The lowest BCUT2D eigenvalue weighted by Gasteiger charge is -2.11. The van der Waals surface area contributed by atoms with Gasteiger partial charge < -0.3 is 5.32 Å². The maximum absolute atomic E-state index is 12.8. The fourth-order valence-corrected chi connectivity index (χ4v) is 1.86. The SMILES string of the molecule is Cc1ccc(Nc2c([N+](=O)[O-])cc(C(F)(F)F)cc2[N+](=O)[O-])nc1. The number of rotatable bonds is 4. The Morgan fingerprint density at radius 1 is 1.08 bits per heavy atom. The normalized spacial score (nSPS) is 11.2. The van der Waals surface area contributed by atoms with Gasteiger partial charge in [0.25, 0.3) is 11.4 Å². The standard InChI is InChI=1S/C13H9F3N4O4/c1-7-2-3-11(17-6-7)18-12-9(19(21)22)4-8(13(14,15)16)5-10(12)20(23)24/h2-6H,1H3,(H,17,18). The number of nitro groups is 2. The van der Waals surface area contributed by atoms with Crippen LogP contribution in [0.25, 0.3) is 0 Å². The van der Waals surface area contributed by atoms with Crippen LogP contribution in [-0.4, -0.2) is 14.8 Å². The Labute approximate surface area is 132 Å². The van der Waals surface area contributed by atoms with Crippen LogP contribution >= 0.6 is 0 Å². The molecule has 0 radical (unpaired) electrons. The lowest BCUT2D eigenvalue weighted by molar-refractivity contribution is -0.392. The van der Waals surface area contributed by atoms with Gasteiger partial charge in [-0.2, -0.15) is 13.2 Å². The Kier molecular flexibility index (Phi) is 4.35. The largest absolute Gasteiger partial charge is 0.416 e. The molecule has 1 aromatic carbocycles. The van der Waals surface area contributed by atoms with E-state index in [2.05, 4.69) is 10.3 Å². The van der Waals surface area contributed by atoms with Crippen LogP contribution < -0.4 is 5.32 Å². The molecule has 8 nitrogen and oxygen atoms in total. The lowest BCUT2D eigenvalue weighted by Crippen LogP contribution is -2.09. The van der Waals surface area contributed by atoms with E-state index in [0.29, 0.717) is 0 Å². The van der Waals surface area contributed by atoms with Crippen LogP contribution in [0.2, 0.25) is 0 Å². The molecule has 0 amide bonds. The number of aromatic nitrogens is 1. The van der Waals surface area contributed by atoms with Crippen molar-refractivity contribution in [2.45, 2.75) is 13.1 Å². The molecule has 1 aromatic heterocycles. The first-order chi connectivity index (χ1) is 11.1. The van der Waals surface area contributed by atoms with Crippen molar-refractivity contribution >= 4 is 22.9 Å². The van der Waals surface area contributed by atoms with Gasteiger partial charge in [0.15, 0.2) is 5.69 Å². The highest BCUT2D eigenvalue weighted by molar-refractivity contribution is 5.79. The summed E-state index contributed by atoms with van der Waals surface area (Å²) in [6, 6.07) is 3.45. The summed E-state index contributed by atoms with van der Waals surface area (Å²) < 4.78 is 38.4. The molecule has 0 unspecified atom stereocenters. The zero-order valence-corrected chi connectivity index (χ0v) is 12.0. The number of hydrogen-bond donors (Lipinski definition) is 1. The number of benzene rings is 1. The third kappa shape index (κ3) is 3.56. The Morgan fingerprint density at radius 2 is 1.62 bits per heavy atom. The fourth-order valence-electron chi connectivity index (χ4n) is 1.86. The lowest BCUT2D eigenvalue weighted by atomic mass is 10.1. The quantitative estimate of drug-likeness (QED) is 0.665. The van der Waals surface area contributed by atoms with Crippen LogP contribution in [0.15, 0.2) is 30.5 Å². The van der Waals surface area contributed by atoms with Crippen molar-refractivity contribution in [3.63, 3.8) is 0 Å². The van der Waals surface area contributed by atoms with E-state index in [4.69, 9.17) is 0 Å². The molecule has 1 heterocycles. The number of alkyl halides is 3. The smallest absolute Gasteiger partial charge is 0.329 e. The van der Waals surface area contributed by atoms with Gasteiger partial charge in [-0.1, -0.05) is 6.07 Å². The molecule has 0 fully saturated rings. The Morgan fingerprint density at radius 3 is 2.00 bits per heavy atom. The molecule has 0 saturated heterocycles. The molecule has 0 aliphatic carbocycles. The van der Waals surface area contributed by atoms with Crippen molar-refractivity contribution in [1.82, 2.24) is 4.98 Å². The number of aryl methyl sites for hydroxylation is 1. The van der Waals surface area contributed by atoms with Gasteiger partial charge in [-0.3, -0.25) is 20.2 Å². The number of anilines is 2. The summed E-state index contributed by atoms with van der Waals surface area (Å²) in [5.74, 6) is 0.0200. The molecule has 0 atom stereocenters. The van der Waals surface area contributed by atoms with Crippen LogP contribution in [0.4, 0.5) is 36.1 Å². The molecule has 0 bridgehead atoms. The molecule has 126 valence electrons. The summed E-state index contributed by atoms with van der Waals surface area (Å²) in [7, 11) is 0. The number of nitrogens with one attached hydrogen (secondary N) is 1. The van der Waals surface area contributed by atoms with Crippen molar-refractivity contribution in [3.8, 4) is 0 Å². The Hall–Kier alpha value is -3.24. The highest BCUT2D eigenvalue weighted by Crippen LogP contribution is 2.42. The second-order valence-corrected chi connectivity index (χ2v) is 4.75. The second-order valence-electron chi connectivity index (χ2n) is 4.75. The van der Waals surface area contributed by atoms with Gasteiger partial charge in [0.1, 0.15) is 5.82 Å². The minimum absolute atomic E-state index is 0.0200. The summed E-state index contributed by atoms with van der Waals surface area (Å²) in [6.07, 6.45) is -3.57. The van der Waals surface area contributed by atoms with E-state index in [9.17, 15) is 33.4 Å². The number of nitro benzene ring substituents is 2. The minimum Gasteiger partial charge on any atom is -0.329 e. The maximum atomic E-state index is 12.8. The molecule has 1 N–H and O–H groups in total. The minimum atomic E-state index is -4.96. The van der Waals surface area contributed by atoms with Crippen LogP contribution in [0.3, 0.4) is 0 Å². The fraction of sp³-hybridized carbons (Fsp3) is 0.154. The molecule has 0 spiro atoms. The molecule has 0 aliphatic rings. The van der Waals surface area contributed by atoms with E-state index in [1.54, 1.807) is 13.0 Å². The van der Waals surface area contributed by atoms with Gasteiger partial charge in [0, 0.05) is 18.3 Å². The van der Waals surface area contributed by atoms with Gasteiger partial charge >= 0.3 is 6.18 Å². The van der Waals surface area contributed by atoms with E-state index < -0.39 is 38.6 Å². The van der Waals surface area contributed by atoms with Crippen molar-refractivity contribution in [2.24, 2.45) is 0 Å². The number of halogens is 3. The van der Waals surface area contributed by atoms with Crippen molar-refractivity contribution < 1.29 is 23.0 Å². The predicted octanol–water partition coefficient (Wildman–Crippen LogP) is 3.97. The summed E-state index contributed by atoms with van der Waals surface area (Å²) in [6.45, 7) is 1.72. The van der Waals surface area contributed by atoms with E-state index in [1.165, 1.54) is 12.3 Å². The Balaban J connectivity index is 2.65. The first-order valence-corrected chi connectivity index (χ1v) is 6.33. The number of pyridine rings is 1. The molecule has 2 rings (SSSR count). The van der Waals surface area contributed by atoms with E-state index in [0.717, 1.165) is 5.56 Å². The van der Waals surface area contributed by atoms with Crippen molar-refractivity contribution in [2.75, 3.05) is 5.32 Å². The summed E-state index contributed by atoms with van der Waals surface area (Å²) in [5.41, 5.74) is -3.53. The summed E-state index contributed by atoms with van der Waals surface area (Å²) >= 11 is 0. The van der Waals surface area contributed by atoms with Gasteiger partial charge in [-0.05, 0) is 18.6 Å². The van der Waals surface area contributed by atoms with E-state index >= 15 is 0 Å². The molecule has 24 heavy (non-hydrogen) atoms. The average Bonchev–Trinajstić information content (AvgIpc) is 2.48. The highest BCUT2D eigenvalue weighted by Gasteiger charge is 2.37. The maximum Gasteiger partial charge on any atom is 0.416 e. The Bertz CT molecular complexity index is 771.